The fourth-order valence-electron chi connectivity index (χ4n) is 1.10. The molecule has 1 aromatic rings. The van der Waals surface area contributed by atoms with E-state index in [1.165, 1.54) is 0 Å². The number of pyridine rings is 1. The highest BCUT2D eigenvalue weighted by atomic mass is 79.9. The summed E-state index contributed by atoms with van der Waals surface area (Å²) in [5.74, 6) is 0.642. The lowest BCUT2D eigenvalue weighted by molar-refractivity contribution is 0.0520. The van der Waals surface area contributed by atoms with Crippen LogP contribution in [0, 0.1) is 0 Å². The zero-order valence-corrected chi connectivity index (χ0v) is 12.3. The molecular formula is C12H17BrN2O3. The molecule has 1 rings (SSSR count). The Bertz CT molecular complexity index is 405. The third-order valence-corrected chi connectivity index (χ3v) is 2.42. The van der Waals surface area contributed by atoms with Gasteiger partial charge < -0.3 is 14.8 Å². The summed E-state index contributed by atoms with van der Waals surface area (Å²) in [6.45, 7) is 6.17. The number of hydrogen-bond donors (Lipinski definition) is 1. The highest BCUT2D eigenvalue weighted by molar-refractivity contribution is 9.10. The average Bonchev–Trinajstić information content (AvgIpc) is 2.24. The van der Waals surface area contributed by atoms with Crippen molar-refractivity contribution in [2.45, 2.75) is 26.4 Å². The van der Waals surface area contributed by atoms with Gasteiger partial charge in [-0.1, -0.05) is 0 Å². The van der Waals surface area contributed by atoms with Crippen molar-refractivity contribution in [2.24, 2.45) is 0 Å². The number of nitrogens with one attached hydrogen (secondary N) is 1. The quantitative estimate of drug-likeness (QED) is 0.868. The zero-order chi connectivity index (χ0) is 13.6. The SMILES string of the molecule is CC(C)(C)OC(=O)NCCOc1cnccc1Br. The van der Waals surface area contributed by atoms with Crippen LogP contribution in [0.5, 0.6) is 5.75 Å². The molecule has 1 amide bonds. The topological polar surface area (TPSA) is 60.5 Å². The predicted molar refractivity (Wildman–Crippen MR) is 71.7 cm³/mol. The summed E-state index contributed by atoms with van der Waals surface area (Å²) in [5.41, 5.74) is -0.489. The summed E-state index contributed by atoms with van der Waals surface area (Å²) in [4.78, 5) is 15.3. The maximum absolute atomic E-state index is 11.3. The minimum atomic E-state index is -0.489. The van der Waals surface area contributed by atoms with Crippen molar-refractivity contribution in [1.82, 2.24) is 10.3 Å². The van der Waals surface area contributed by atoms with E-state index in [0.717, 1.165) is 4.47 Å². The van der Waals surface area contributed by atoms with E-state index in [9.17, 15) is 4.79 Å². The van der Waals surface area contributed by atoms with E-state index >= 15 is 0 Å². The largest absolute Gasteiger partial charge is 0.489 e. The number of halogens is 1. The number of carbonyl (C=O) groups excluding carboxylic acids is 1. The number of ether oxygens (including phenoxy) is 2. The molecule has 5 nitrogen and oxygen atoms in total. The molecule has 100 valence electrons. The Hall–Kier alpha value is -1.30. The van der Waals surface area contributed by atoms with Gasteiger partial charge >= 0.3 is 6.09 Å². The summed E-state index contributed by atoms with van der Waals surface area (Å²) in [5, 5.41) is 2.61. The van der Waals surface area contributed by atoms with Crippen LogP contribution in [0.3, 0.4) is 0 Å². The first-order chi connectivity index (χ1) is 8.38. The van der Waals surface area contributed by atoms with Crippen LogP contribution in [0.4, 0.5) is 4.79 Å². The number of hydrogen-bond acceptors (Lipinski definition) is 4. The Morgan fingerprint density at radius 2 is 2.22 bits per heavy atom. The Labute approximate surface area is 115 Å². The van der Waals surface area contributed by atoms with Crippen LogP contribution in [0.2, 0.25) is 0 Å². The Balaban J connectivity index is 2.23. The van der Waals surface area contributed by atoms with Gasteiger partial charge in [0, 0.05) is 6.20 Å². The van der Waals surface area contributed by atoms with Crippen molar-refractivity contribution in [2.75, 3.05) is 13.2 Å². The minimum absolute atomic E-state index is 0.351. The van der Waals surface area contributed by atoms with Crippen LogP contribution < -0.4 is 10.1 Å². The molecule has 0 aliphatic rings. The fraction of sp³-hybridized carbons (Fsp3) is 0.500. The molecule has 0 fully saturated rings. The van der Waals surface area contributed by atoms with Crippen LogP contribution >= 0.6 is 15.9 Å². The van der Waals surface area contributed by atoms with Crippen LogP contribution in [0.25, 0.3) is 0 Å². The Morgan fingerprint density at radius 3 is 2.83 bits per heavy atom. The second-order valence-electron chi connectivity index (χ2n) is 4.58. The highest BCUT2D eigenvalue weighted by Crippen LogP contribution is 2.22. The summed E-state index contributed by atoms with van der Waals surface area (Å²) in [7, 11) is 0. The van der Waals surface area contributed by atoms with E-state index < -0.39 is 11.7 Å². The monoisotopic (exact) mass is 316 g/mol. The molecule has 0 atom stereocenters. The molecule has 1 N–H and O–H groups in total. The lowest BCUT2D eigenvalue weighted by Crippen LogP contribution is -2.34. The number of nitrogens with zero attached hydrogens (tertiary/aromatic N) is 1. The summed E-state index contributed by atoms with van der Waals surface area (Å²) >= 11 is 3.34. The predicted octanol–water partition coefficient (Wildman–Crippen LogP) is 2.75. The molecular weight excluding hydrogens is 300 g/mol. The molecule has 1 aromatic heterocycles. The maximum atomic E-state index is 11.3. The fourth-order valence-corrected chi connectivity index (χ4v) is 1.43. The van der Waals surface area contributed by atoms with E-state index in [2.05, 4.69) is 26.2 Å². The lowest BCUT2D eigenvalue weighted by atomic mass is 10.2. The van der Waals surface area contributed by atoms with Crippen molar-refractivity contribution in [1.29, 1.82) is 0 Å². The molecule has 0 bridgehead atoms. The van der Waals surface area contributed by atoms with Crippen LogP contribution in [0.15, 0.2) is 22.9 Å². The summed E-state index contributed by atoms with van der Waals surface area (Å²) in [6.07, 6.45) is 2.82. The first-order valence-corrected chi connectivity index (χ1v) is 6.37. The third-order valence-electron chi connectivity index (χ3n) is 1.76. The molecule has 0 aromatic carbocycles. The van der Waals surface area contributed by atoms with Crippen molar-refractivity contribution < 1.29 is 14.3 Å². The minimum Gasteiger partial charge on any atom is -0.489 e. The van der Waals surface area contributed by atoms with Gasteiger partial charge in [0.15, 0.2) is 5.75 Å². The van der Waals surface area contributed by atoms with Gasteiger partial charge in [0.1, 0.15) is 12.2 Å². The van der Waals surface area contributed by atoms with Gasteiger partial charge in [0.25, 0.3) is 0 Å². The Kier molecular flexibility index (Phi) is 5.40. The molecule has 6 heteroatoms. The van der Waals surface area contributed by atoms with Gasteiger partial charge in [-0.05, 0) is 42.8 Å². The average molecular weight is 317 g/mol. The van der Waals surface area contributed by atoms with Crippen molar-refractivity contribution in [3.05, 3.63) is 22.9 Å². The highest BCUT2D eigenvalue weighted by Gasteiger charge is 2.15. The van der Waals surface area contributed by atoms with Gasteiger partial charge in [-0.3, -0.25) is 4.98 Å². The molecule has 0 aliphatic heterocycles. The number of alkyl carbamates (subject to hydrolysis) is 1. The first kappa shape index (κ1) is 14.8. The number of carbonyl (C=O) groups is 1. The molecule has 1 heterocycles. The summed E-state index contributed by atoms with van der Waals surface area (Å²) < 4.78 is 11.4. The molecule has 0 unspecified atom stereocenters. The van der Waals surface area contributed by atoms with E-state index in [0.29, 0.717) is 18.9 Å². The lowest BCUT2D eigenvalue weighted by Gasteiger charge is -2.19. The maximum Gasteiger partial charge on any atom is 0.407 e. The van der Waals surface area contributed by atoms with Gasteiger partial charge in [0.2, 0.25) is 0 Å². The van der Waals surface area contributed by atoms with Gasteiger partial charge in [-0.2, -0.15) is 0 Å². The van der Waals surface area contributed by atoms with Gasteiger partial charge in [-0.15, -0.1) is 0 Å². The molecule has 0 saturated carbocycles. The molecule has 0 radical (unpaired) electrons. The van der Waals surface area contributed by atoms with Crippen molar-refractivity contribution in [3.8, 4) is 5.75 Å². The van der Waals surface area contributed by atoms with E-state index in [-0.39, 0.29) is 0 Å². The standard InChI is InChI=1S/C12H17BrN2O3/c1-12(2,3)18-11(16)15-6-7-17-10-8-14-5-4-9(10)13/h4-5,8H,6-7H2,1-3H3,(H,15,16). The third kappa shape index (κ3) is 5.86. The number of amides is 1. The number of aromatic nitrogens is 1. The molecule has 0 spiro atoms. The summed E-state index contributed by atoms with van der Waals surface area (Å²) in [6, 6.07) is 1.79. The smallest absolute Gasteiger partial charge is 0.407 e. The second-order valence-corrected chi connectivity index (χ2v) is 5.44. The normalized spacial score (nSPS) is 10.9. The van der Waals surface area contributed by atoms with Crippen LogP contribution in [-0.4, -0.2) is 29.8 Å². The molecule has 0 saturated heterocycles. The van der Waals surface area contributed by atoms with Gasteiger partial charge in [0.05, 0.1) is 17.2 Å². The molecule has 18 heavy (non-hydrogen) atoms. The van der Waals surface area contributed by atoms with Crippen molar-refractivity contribution >= 4 is 22.0 Å². The van der Waals surface area contributed by atoms with Crippen molar-refractivity contribution in [3.63, 3.8) is 0 Å². The van der Waals surface area contributed by atoms with E-state index in [4.69, 9.17) is 9.47 Å². The second kappa shape index (κ2) is 6.58. The Morgan fingerprint density at radius 1 is 1.50 bits per heavy atom. The zero-order valence-electron chi connectivity index (χ0n) is 10.7. The van der Waals surface area contributed by atoms with Gasteiger partial charge in [-0.25, -0.2) is 4.79 Å². The van der Waals surface area contributed by atoms with Crippen LogP contribution in [-0.2, 0) is 4.74 Å². The number of rotatable bonds is 4. The van der Waals surface area contributed by atoms with E-state index in [1.54, 1.807) is 18.5 Å². The molecule has 0 aliphatic carbocycles. The first-order valence-electron chi connectivity index (χ1n) is 5.57. The van der Waals surface area contributed by atoms with E-state index in [1.807, 2.05) is 20.8 Å². The van der Waals surface area contributed by atoms with Crippen LogP contribution in [0.1, 0.15) is 20.8 Å².